The number of Topliss-reactive ketones (excluding diaryl/α,β-unsaturated/α-hetero) is 1. The van der Waals surface area contributed by atoms with Gasteiger partial charge < -0.3 is 9.88 Å². The van der Waals surface area contributed by atoms with Crippen molar-refractivity contribution in [3.8, 4) is 0 Å². The van der Waals surface area contributed by atoms with E-state index in [1.54, 1.807) is 0 Å². The zero-order valence-corrected chi connectivity index (χ0v) is 20.1. The van der Waals surface area contributed by atoms with Gasteiger partial charge in [0.25, 0.3) is 0 Å². The molecule has 174 valence electrons. The van der Waals surface area contributed by atoms with E-state index in [1.807, 2.05) is 0 Å². The van der Waals surface area contributed by atoms with E-state index in [1.165, 1.54) is 59.7 Å². The van der Waals surface area contributed by atoms with Gasteiger partial charge in [-0.1, -0.05) is 48.0 Å². The summed E-state index contributed by atoms with van der Waals surface area (Å²) in [5.41, 5.74) is 5.17. The van der Waals surface area contributed by atoms with Gasteiger partial charge in [-0.25, -0.2) is 0 Å². The van der Waals surface area contributed by atoms with Gasteiger partial charge in [0.2, 0.25) is 0 Å². The van der Waals surface area contributed by atoms with Gasteiger partial charge in [-0.2, -0.15) is 0 Å². The minimum absolute atomic E-state index is 0.127. The minimum atomic E-state index is 0.127. The molecule has 1 N–H and O–H groups in total. The van der Waals surface area contributed by atoms with Crippen LogP contribution in [0.4, 0.5) is 0 Å². The van der Waals surface area contributed by atoms with E-state index in [4.69, 9.17) is 0 Å². The molecule has 1 atom stereocenters. The fraction of sp³-hybridized carbons (Fsp3) is 0.500. The number of hydrogen-bond donors (Lipinski definition) is 1. The largest absolute Gasteiger partial charge is 0.347 e. The first kappa shape index (κ1) is 22.4. The fourth-order valence-electron chi connectivity index (χ4n) is 5.66. The molecule has 5 rings (SSSR count). The summed E-state index contributed by atoms with van der Waals surface area (Å²) < 4.78 is 2.45. The Kier molecular flexibility index (Phi) is 6.96. The van der Waals surface area contributed by atoms with Gasteiger partial charge in [0, 0.05) is 42.4 Å². The lowest BCUT2D eigenvalue weighted by Crippen LogP contribution is -2.27. The van der Waals surface area contributed by atoms with Crippen LogP contribution in [0.5, 0.6) is 0 Å². The van der Waals surface area contributed by atoms with Gasteiger partial charge in [-0.3, -0.25) is 4.79 Å². The number of para-hydroxylation sites is 1. The van der Waals surface area contributed by atoms with Gasteiger partial charge in [-0.05, 0) is 87.6 Å². The summed E-state index contributed by atoms with van der Waals surface area (Å²) in [5, 5.41) is 4.76. The highest BCUT2D eigenvalue weighted by Gasteiger charge is 2.26. The van der Waals surface area contributed by atoms with Gasteiger partial charge in [0.1, 0.15) is 5.78 Å². The molecular formula is C30H38N2O. The summed E-state index contributed by atoms with van der Waals surface area (Å²) in [6, 6.07) is 17.6. The predicted octanol–water partition coefficient (Wildman–Crippen LogP) is 6.62. The second-order valence-electron chi connectivity index (χ2n) is 10.5. The number of aromatic nitrogens is 1. The van der Waals surface area contributed by atoms with Crippen LogP contribution in [-0.2, 0) is 11.3 Å². The first-order valence-electron chi connectivity index (χ1n) is 13.0. The molecule has 3 aromatic rings. The summed E-state index contributed by atoms with van der Waals surface area (Å²) in [7, 11) is 0. The lowest BCUT2D eigenvalue weighted by atomic mass is 9.85. The fourth-order valence-corrected chi connectivity index (χ4v) is 5.66. The highest BCUT2D eigenvalue weighted by Crippen LogP contribution is 2.38. The maximum absolute atomic E-state index is 13.2. The maximum atomic E-state index is 13.2. The van der Waals surface area contributed by atoms with E-state index >= 15 is 0 Å². The molecule has 0 spiro atoms. The Labute approximate surface area is 198 Å². The van der Waals surface area contributed by atoms with E-state index in [-0.39, 0.29) is 5.92 Å². The van der Waals surface area contributed by atoms with Crippen molar-refractivity contribution in [2.24, 2.45) is 11.8 Å². The number of aryl methyl sites for hydroxylation is 1. The lowest BCUT2D eigenvalue weighted by molar-refractivity contribution is -0.119. The SMILES string of the molecule is Cc1cccc(C(CC(=O)CCCC2CCNCC2)c2cn(CC3CC3)c3ccccc23)c1. The first-order chi connectivity index (χ1) is 16.2. The molecule has 1 unspecified atom stereocenters. The number of nitrogens with one attached hydrogen (secondary N) is 1. The number of fused-ring (bicyclic) bond motifs is 1. The number of hydrogen-bond acceptors (Lipinski definition) is 2. The van der Waals surface area contributed by atoms with Crippen LogP contribution >= 0.6 is 0 Å². The minimum Gasteiger partial charge on any atom is -0.347 e. The zero-order valence-electron chi connectivity index (χ0n) is 20.1. The van der Waals surface area contributed by atoms with Crippen molar-refractivity contribution in [3.63, 3.8) is 0 Å². The quantitative estimate of drug-likeness (QED) is 0.383. The van der Waals surface area contributed by atoms with Crippen LogP contribution in [0.2, 0.25) is 0 Å². The van der Waals surface area contributed by atoms with Gasteiger partial charge in [0.15, 0.2) is 0 Å². The van der Waals surface area contributed by atoms with Crippen molar-refractivity contribution in [3.05, 3.63) is 71.4 Å². The van der Waals surface area contributed by atoms with Crippen molar-refractivity contribution in [1.29, 1.82) is 0 Å². The monoisotopic (exact) mass is 442 g/mol. The van der Waals surface area contributed by atoms with Crippen molar-refractivity contribution in [1.82, 2.24) is 9.88 Å². The third-order valence-corrected chi connectivity index (χ3v) is 7.75. The van der Waals surface area contributed by atoms with Crippen molar-refractivity contribution >= 4 is 16.7 Å². The van der Waals surface area contributed by atoms with Crippen LogP contribution in [0.3, 0.4) is 0 Å². The molecule has 3 heteroatoms. The Bertz CT molecular complexity index is 1090. The average molecular weight is 443 g/mol. The Morgan fingerprint density at radius 3 is 2.64 bits per heavy atom. The smallest absolute Gasteiger partial charge is 0.133 e. The Morgan fingerprint density at radius 1 is 1.03 bits per heavy atom. The second-order valence-corrected chi connectivity index (χ2v) is 10.5. The molecule has 2 fully saturated rings. The van der Waals surface area contributed by atoms with Crippen molar-refractivity contribution in [2.75, 3.05) is 13.1 Å². The normalized spacial score (nSPS) is 18.0. The van der Waals surface area contributed by atoms with E-state index in [0.717, 1.165) is 37.9 Å². The molecule has 0 amide bonds. The number of carbonyl (C=O) groups is 1. The van der Waals surface area contributed by atoms with Crippen LogP contribution in [-0.4, -0.2) is 23.4 Å². The maximum Gasteiger partial charge on any atom is 0.133 e. The summed E-state index contributed by atoms with van der Waals surface area (Å²) in [5.74, 6) is 2.16. The number of piperidine rings is 1. The molecule has 0 bridgehead atoms. The third kappa shape index (κ3) is 5.58. The summed E-state index contributed by atoms with van der Waals surface area (Å²) >= 11 is 0. The predicted molar refractivity (Wildman–Crippen MR) is 137 cm³/mol. The standard InChI is InChI=1S/C30H38N2O/c1-22-6-4-8-25(18-22)28(19-26(33)9-5-7-23-14-16-31-17-15-23)29-21-32(20-24-12-13-24)30-11-3-2-10-27(29)30/h2-4,6,8,10-11,18,21,23-24,28,31H,5,7,9,12-17,19-20H2,1H3. The number of nitrogens with zero attached hydrogens (tertiary/aromatic N) is 1. The number of ketones is 1. The topological polar surface area (TPSA) is 34.0 Å². The lowest BCUT2D eigenvalue weighted by Gasteiger charge is -2.22. The molecule has 2 heterocycles. The van der Waals surface area contributed by atoms with Crippen LogP contribution in [0.25, 0.3) is 10.9 Å². The second kappa shape index (κ2) is 10.3. The zero-order chi connectivity index (χ0) is 22.6. The van der Waals surface area contributed by atoms with Crippen LogP contribution in [0, 0.1) is 18.8 Å². The van der Waals surface area contributed by atoms with Crippen LogP contribution in [0.1, 0.15) is 74.0 Å². The summed E-state index contributed by atoms with van der Waals surface area (Å²) in [6.07, 6.45) is 11.1. The summed E-state index contributed by atoms with van der Waals surface area (Å²) in [4.78, 5) is 13.2. The first-order valence-corrected chi connectivity index (χ1v) is 13.0. The van der Waals surface area contributed by atoms with Gasteiger partial charge >= 0.3 is 0 Å². The molecule has 2 aliphatic rings. The Hall–Kier alpha value is -2.39. The molecule has 1 saturated carbocycles. The molecular weight excluding hydrogens is 404 g/mol. The van der Waals surface area contributed by atoms with E-state index in [9.17, 15) is 4.79 Å². The third-order valence-electron chi connectivity index (χ3n) is 7.75. The molecule has 0 radical (unpaired) electrons. The Morgan fingerprint density at radius 2 is 1.85 bits per heavy atom. The van der Waals surface area contributed by atoms with Gasteiger partial charge in [0.05, 0.1) is 0 Å². The number of benzene rings is 2. The van der Waals surface area contributed by atoms with E-state index in [0.29, 0.717) is 18.6 Å². The summed E-state index contributed by atoms with van der Waals surface area (Å²) in [6.45, 7) is 5.53. The molecule has 1 aliphatic heterocycles. The van der Waals surface area contributed by atoms with Crippen molar-refractivity contribution in [2.45, 2.75) is 70.8 Å². The van der Waals surface area contributed by atoms with Gasteiger partial charge in [-0.15, -0.1) is 0 Å². The Balaban J connectivity index is 1.38. The van der Waals surface area contributed by atoms with Crippen LogP contribution < -0.4 is 5.32 Å². The number of rotatable bonds is 10. The molecule has 1 aromatic heterocycles. The molecule has 1 aliphatic carbocycles. The highest BCUT2D eigenvalue weighted by molar-refractivity contribution is 5.87. The van der Waals surface area contributed by atoms with E-state index < -0.39 is 0 Å². The van der Waals surface area contributed by atoms with Crippen LogP contribution in [0.15, 0.2) is 54.7 Å². The molecule has 33 heavy (non-hydrogen) atoms. The average Bonchev–Trinajstić information content (AvgIpc) is 3.58. The molecule has 3 nitrogen and oxygen atoms in total. The number of carbonyl (C=O) groups excluding carboxylic acids is 1. The highest BCUT2D eigenvalue weighted by atomic mass is 16.1. The van der Waals surface area contributed by atoms with Crippen molar-refractivity contribution < 1.29 is 4.79 Å². The van der Waals surface area contributed by atoms with E-state index in [2.05, 4.69) is 71.5 Å². The molecule has 1 saturated heterocycles. The molecule has 2 aromatic carbocycles.